The van der Waals surface area contributed by atoms with Crippen LogP contribution in [0.2, 0.25) is 0 Å². The van der Waals surface area contributed by atoms with E-state index in [1.807, 2.05) is 0 Å². The molecule has 0 aliphatic carbocycles. The Morgan fingerprint density at radius 3 is 2.23 bits per heavy atom. The van der Waals surface area contributed by atoms with Gasteiger partial charge in [-0.2, -0.15) is 13.2 Å². The van der Waals surface area contributed by atoms with E-state index >= 15 is 0 Å². The van der Waals surface area contributed by atoms with E-state index in [1.54, 1.807) is 30.3 Å². The number of benzene rings is 2. The first-order valence-electron chi connectivity index (χ1n) is 6.64. The van der Waals surface area contributed by atoms with Crippen molar-refractivity contribution in [3.8, 4) is 0 Å². The number of aliphatic hydroxyl groups is 1. The van der Waals surface area contributed by atoms with Gasteiger partial charge in [0.2, 0.25) is 0 Å². The molecule has 3 N–H and O–H groups in total. The SMILES string of the molecule is N[C@@H](c1cccc(C(F)(F)F)c1F)[C@H](O)Cc1ccccc1. The van der Waals surface area contributed by atoms with Crippen LogP contribution in [0.1, 0.15) is 22.7 Å². The Bertz CT molecular complexity index is 628. The molecule has 0 saturated heterocycles. The summed E-state index contributed by atoms with van der Waals surface area (Å²) in [5.74, 6) is -1.44. The molecule has 0 aliphatic rings. The molecule has 0 bridgehead atoms. The average Bonchev–Trinajstić information content (AvgIpc) is 2.46. The maximum atomic E-state index is 14.0. The van der Waals surface area contributed by atoms with Crippen LogP contribution in [-0.4, -0.2) is 11.2 Å². The summed E-state index contributed by atoms with van der Waals surface area (Å²) in [6.07, 6.45) is -5.87. The number of rotatable bonds is 4. The maximum absolute atomic E-state index is 14.0. The van der Waals surface area contributed by atoms with Gasteiger partial charge >= 0.3 is 6.18 Å². The monoisotopic (exact) mass is 313 g/mol. The van der Waals surface area contributed by atoms with E-state index < -0.39 is 29.7 Å². The second-order valence-corrected chi connectivity index (χ2v) is 4.99. The highest BCUT2D eigenvalue weighted by Crippen LogP contribution is 2.34. The molecule has 0 aromatic heterocycles. The molecule has 118 valence electrons. The van der Waals surface area contributed by atoms with Crippen LogP contribution in [0.25, 0.3) is 0 Å². The highest BCUT2D eigenvalue weighted by Gasteiger charge is 2.36. The van der Waals surface area contributed by atoms with Gasteiger partial charge in [-0.3, -0.25) is 0 Å². The van der Waals surface area contributed by atoms with Crippen LogP contribution in [0, 0.1) is 5.82 Å². The van der Waals surface area contributed by atoms with Crippen molar-refractivity contribution in [2.45, 2.75) is 24.7 Å². The lowest BCUT2D eigenvalue weighted by Crippen LogP contribution is -2.29. The normalized spacial score (nSPS) is 14.6. The summed E-state index contributed by atoms with van der Waals surface area (Å²) in [5, 5.41) is 10.1. The number of halogens is 4. The average molecular weight is 313 g/mol. The minimum atomic E-state index is -4.80. The number of hydrogen-bond donors (Lipinski definition) is 2. The van der Waals surface area contributed by atoms with Gasteiger partial charge < -0.3 is 10.8 Å². The molecule has 0 fully saturated rings. The summed E-state index contributed by atoms with van der Waals surface area (Å²) >= 11 is 0. The van der Waals surface area contributed by atoms with Gasteiger partial charge in [0.05, 0.1) is 17.7 Å². The van der Waals surface area contributed by atoms with Crippen molar-refractivity contribution in [2.75, 3.05) is 0 Å². The van der Waals surface area contributed by atoms with E-state index in [-0.39, 0.29) is 12.0 Å². The topological polar surface area (TPSA) is 46.2 Å². The minimum absolute atomic E-state index is 0.123. The molecule has 22 heavy (non-hydrogen) atoms. The van der Waals surface area contributed by atoms with Gasteiger partial charge in [-0.1, -0.05) is 42.5 Å². The van der Waals surface area contributed by atoms with Crippen LogP contribution in [0.15, 0.2) is 48.5 Å². The van der Waals surface area contributed by atoms with Gasteiger partial charge in [0, 0.05) is 12.0 Å². The molecule has 6 heteroatoms. The van der Waals surface area contributed by atoms with Gasteiger partial charge in [0.25, 0.3) is 0 Å². The largest absolute Gasteiger partial charge is 0.419 e. The molecule has 2 rings (SSSR count). The van der Waals surface area contributed by atoms with Crippen molar-refractivity contribution in [3.05, 3.63) is 71.0 Å². The summed E-state index contributed by atoms with van der Waals surface area (Å²) in [6.45, 7) is 0. The Labute approximate surface area is 125 Å². The van der Waals surface area contributed by atoms with Gasteiger partial charge in [0.1, 0.15) is 5.82 Å². The van der Waals surface area contributed by atoms with Crippen molar-refractivity contribution >= 4 is 0 Å². The molecular weight excluding hydrogens is 298 g/mol. The minimum Gasteiger partial charge on any atom is -0.391 e. The fourth-order valence-corrected chi connectivity index (χ4v) is 2.22. The standard InChI is InChI=1S/C16H15F4NO/c17-14-11(7-4-8-12(14)16(18,19)20)15(21)13(22)9-10-5-2-1-3-6-10/h1-8,13,15,22H,9,21H2/t13-,15+/m1/s1. The molecule has 0 heterocycles. The van der Waals surface area contributed by atoms with Crippen LogP contribution in [0.4, 0.5) is 17.6 Å². The highest BCUT2D eigenvalue weighted by molar-refractivity contribution is 5.31. The fourth-order valence-electron chi connectivity index (χ4n) is 2.22. The van der Waals surface area contributed by atoms with Crippen molar-refractivity contribution in [1.82, 2.24) is 0 Å². The second kappa shape index (κ2) is 6.46. The predicted molar refractivity (Wildman–Crippen MR) is 74.5 cm³/mol. The van der Waals surface area contributed by atoms with Crippen LogP contribution >= 0.6 is 0 Å². The van der Waals surface area contributed by atoms with Crippen molar-refractivity contribution in [3.63, 3.8) is 0 Å². The lowest BCUT2D eigenvalue weighted by atomic mass is 9.95. The lowest BCUT2D eigenvalue weighted by Gasteiger charge is -2.21. The van der Waals surface area contributed by atoms with Gasteiger partial charge in [0.15, 0.2) is 0 Å². The molecule has 0 saturated carbocycles. The summed E-state index contributed by atoms with van der Waals surface area (Å²) in [7, 11) is 0. The van der Waals surface area contributed by atoms with E-state index in [0.29, 0.717) is 6.07 Å². The van der Waals surface area contributed by atoms with E-state index in [2.05, 4.69) is 0 Å². The van der Waals surface area contributed by atoms with Gasteiger partial charge in [-0.15, -0.1) is 0 Å². The Hall–Kier alpha value is -1.92. The summed E-state index contributed by atoms with van der Waals surface area (Å²) in [6, 6.07) is 10.5. The van der Waals surface area contributed by atoms with Crippen LogP contribution in [-0.2, 0) is 12.6 Å². The first-order valence-corrected chi connectivity index (χ1v) is 6.64. The Kier molecular flexibility index (Phi) is 4.83. The fraction of sp³-hybridized carbons (Fsp3) is 0.250. The van der Waals surface area contributed by atoms with E-state index in [1.165, 1.54) is 0 Å². The quantitative estimate of drug-likeness (QED) is 0.849. The van der Waals surface area contributed by atoms with Crippen molar-refractivity contribution < 1.29 is 22.7 Å². The van der Waals surface area contributed by atoms with Crippen LogP contribution < -0.4 is 5.73 Å². The third kappa shape index (κ3) is 3.64. The molecule has 0 unspecified atom stereocenters. The highest BCUT2D eigenvalue weighted by atomic mass is 19.4. The smallest absolute Gasteiger partial charge is 0.391 e. The molecule has 2 aromatic carbocycles. The molecule has 0 radical (unpaired) electrons. The Morgan fingerprint density at radius 1 is 1.00 bits per heavy atom. The first-order chi connectivity index (χ1) is 10.3. The van der Waals surface area contributed by atoms with E-state index in [0.717, 1.165) is 17.7 Å². The van der Waals surface area contributed by atoms with E-state index in [9.17, 15) is 22.7 Å². The molecule has 0 spiro atoms. The number of alkyl halides is 3. The van der Waals surface area contributed by atoms with Gasteiger partial charge in [-0.05, 0) is 11.6 Å². The third-order valence-corrected chi connectivity index (χ3v) is 3.40. The zero-order chi connectivity index (χ0) is 16.3. The van der Waals surface area contributed by atoms with Crippen molar-refractivity contribution in [2.24, 2.45) is 5.73 Å². The van der Waals surface area contributed by atoms with Crippen LogP contribution in [0.5, 0.6) is 0 Å². The lowest BCUT2D eigenvalue weighted by molar-refractivity contribution is -0.140. The van der Waals surface area contributed by atoms with Gasteiger partial charge in [-0.25, -0.2) is 4.39 Å². The van der Waals surface area contributed by atoms with Crippen LogP contribution in [0.3, 0.4) is 0 Å². The summed E-state index contributed by atoms with van der Waals surface area (Å²) < 4.78 is 52.1. The summed E-state index contributed by atoms with van der Waals surface area (Å²) in [5.41, 5.74) is 4.77. The number of hydrogen-bond acceptors (Lipinski definition) is 2. The zero-order valence-corrected chi connectivity index (χ0v) is 11.5. The molecular formula is C16H15F4NO. The zero-order valence-electron chi connectivity index (χ0n) is 11.5. The third-order valence-electron chi connectivity index (χ3n) is 3.40. The Morgan fingerprint density at radius 2 is 1.64 bits per heavy atom. The summed E-state index contributed by atoms with van der Waals surface area (Å²) in [4.78, 5) is 0. The van der Waals surface area contributed by atoms with Crippen molar-refractivity contribution in [1.29, 1.82) is 0 Å². The molecule has 2 atom stereocenters. The molecule has 0 aliphatic heterocycles. The molecule has 0 amide bonds. The first kappa shape index (κ1) is 16.5. The second-order valence-electron chi connectivity index (χ2n) is 4.99. The number of nitrogens with two attached hydrogens (primary N) is 1. The number of aliphatic hydroxyl groups excluding tert-OH is 1. The maximum Gasteiger partial charge on any atom is 0.419 e. The predicted octanol–water partition coefficient (Wildman–Crippen LogP) is 3.45. The van der Waals surface area contributed by atoms with E-state index in [4.69, 9.17) is 5.73 Å². The molecule has 2 aromatic rings. The Balaban J connectivity index is 2.24. The molecule has 2 nitrogen and oxygen atoms in total.